The van der Waals surface area contributed by atoms with E-state index in [2.05, 4.69) is 55.6 Å². The molecule has 1 aliphatic heterocycles. The van der Waals surface area contributed by atoms with Gasteiger partial charge in [-0.1, -0.05) is 13.3 Å². The lowest BCUT2D eigenvalue weighted by Gasteiger charge is -2.16. The summed E-state index contributed by atoms with van der Waals surface area (Å²) in [6.07, 6.45) is 7.59. The van der Waals surface area contributed by atoms with Crippen LogP contribution < -0.4 is 4.74 Å². The van der Waals surface area contributed by atoms with Crippen LogP contribution in [0.3, 0.4) is 0 Å². The summed E-state index contributed by atoms with van der Waals surface area (Å²) >= 11 is 1.77. The van der Waals surface area contributed by atoms with Gasteiger partial charge in [0.1, 0.15) is 5.75 Å². The molecule has 0 bridgehead atoms. The van der Waals surface area contributed by atoms with E-state index in [0.29, 0.717) is 0 Å². The predicted octanol–water partition coefficient (Wildman–Crippen LogP) is 5.29. The molecule has 3 heteroatoms. The Bertz CT molecular complexity index is 727. The smallest absolute Gasteiger partial charge is 0.119 e. The van der Waals surface area contributed by atoms with Crippen LogP contribution in [0.1, 0.15) is 41.3 Å². The molecular formula is C20H23NOS. The molecule has 2 aromatic rings. The van der Waals surface area contributed by atoms with Crippen LogP contribution in [0.2, 0.25) is 0 Å². The molecule has 120 valence electrons. The van der Waals surface area contributed by atoms with E-state index in [9.17, 15) is 0 Å². The average molecular weight is 325 g/mol. The molecule has 1 aromatic heterocycles. The summed E-state index contributed by atoms with van der Waals surface area (Å²) in [5.41, 5.74) is 4.99. The highest BCUT2D eigenvalue weighted by Gasteiger charge is 2.13. The van der Waals surface area contributed by atoms with E-state index in [4.69, 9.17) is 9.73 Å². The average Bonchev–Trinajstić information content (AvgIpc) is 2.98. The summed E-state index contributed by atoms with van der Waals surface area (Å²) in [5, 5.41) is 2.13. The Morgan fingerprint density at radius 3 is 2.96 bits per heavy atom. The lowest BCUT2D eigenvalue weighted by Crippen LogP contribution is -2.11. The van der Waals surface area contributed by atoms with Crippen molar-refractivity contribution in [2.45, 2.75) is 33.1 Å². The summed E-state index contributed by atoms with van der Waals surface area (Å²) in [5.74, 6) is 0.983. The maximum Gasteiger partial charge on any atom is 0.119 e. The Morgan fingerprint density at radius 2 is 2.17 bits per heavy atom. The molecule has 1 aromatic carbocycles. The third kappa shape index (κ3) is 3.91. The van der Waals surface area contributed by atoms with Gasteiger partial charge in [-0.15, -0.1) is 11.3 Å². The third-order valence-electron chi connectivity index (χ3n) is 4.08. The van der Waals surface area contributed by atoms with Gasteiger partial charge in [-0.05, 0) is 72.7 Å². The fourth-order valence-electron chi connectivity index (χ4n) is 2.69. The zero-order chi connectivity index (χ0) is 16.1. The second-order valence-electron chi connectivity index (χ2n) is 5.84. The fourth-order valence-corrected chi connectivity index (χ4v) is 3.50. The Kier molecular flexibility index (Phi) is 5.29. The number of fused-ring (bicyclic) bond motifs is 1. The largest absolute Gasteiger partial charge is 0.494 e. The first-order valence-corrected chi connectivity index (χ1v) is 9.18. The Balaban J connectivity index is 1.77. The molecule has 0 amide bonds. The molecule has 0 atom stereocenters. The molecule has 1 aliphatic rings. The molecule has 0 N–H and O–H groups in total. The lowest BCUT2D eigenvalue weighted by atomic mass is 9.97. The number of nitrogens with zero attached hydrogens (tertiary/aromatic N) is 1. The monoisotopic (exact) mass is 325 g/mol. The first-order valence-electron chi connectivity index (χ1n) is 8.30. The van der Waals surface area contributed by atoms with Crippen LogP contribution in [0, 0.1) is 6.92 Å². The summed E-state index contributed by atoms with van der Waals surface area (Å²) < 4.78 is 5.83. The molecular weight excluding hydrogens is 302 g/mol. The predicted molar refractivity (Wildman–Crippen MR) is 100 cm³/mol. The minimum absolute atomic E-state index is 0.799. The van der Waals surface area contributed by atoms with E-state index in [-0.39, 0.29) is 0 Å². The number of hydrogen-bond acceptors (Lipinski definition) is 3. The summed E-state index contributed by atoms with van der Waals surface area (Å²) in [6, 6.07) is 8.56. The van der Waals surface area contributed by atoms with E-state index in [0.717, 1.165) is 43.9 Å². The molecule has 0 saturated heterocycles. The zero-order valence-electron chi connectivity index (χ0n) is 13.8. The first-order chi connectivity index (χ1) is 11.3. The summed E-state index contributed by atoms with van der Waals surface area (Å²) in [6.45, 7) is 5.98. The van der Waals surface area contributed by atoms with Crippen LogP contribution in [0.4, 0.5) is 0 Å². The van der Waals surface area contributed by atoms with Gasteiger partial charge in [-0.2, -0.15) is 0 Å². The van der Waals surface area contributed by atoms with Crippen molar-refractivity contribution in [3.63, 3.8) is 0 Å². The van der Waals surface area contributed by atoms with Gasteiger partial charge in [0, 0.05) is 17.0 Å². The molecule has 23 heavy (non-hydrogen) atoms. The van der Waals surface area contributed by atoms with Crippen LogP contribution in [0.25, 0.3) is 6.08 Å². The first kappa shape index (κ1) is 16.0. The number of ether oxygens (including phenoxy) is 1. The van der Waals surface area contributed by atoms with Gasteiger partial charge in [0.25, 0.3) is 0 Å². The quantitative estimate of drug-likeness (QED) is 0.661. The highest BCUT2D eigenvalue weighted by atomic mass is 32.1. The number of benzene rings is 1. The van der Waals surface area contributed by atoms with Crippen molar-refractivity contribution < 1.29 is 4.74 Å². The molecule has 3 rings (SSSR count). The molecule has 2 heterocycles. The SMILES string of the molecule is CCCCOc1ccc2c(c1)CCN=C2C=Cc1sccc1C. The van der Waals surface area contributed by atoms with Crippen LogP contribution in [0.5, 0.6) is 5.75 Å². The standard InChI is InChI=1S/C20H23NOS/c1-3-4-12-22-17-5-6-18-16(14-17)9-11-21-19(18)7-8-20-15(2)10-13-23-20/h5-8,10,13-14H,3-4,9,11-12H2,1-2H3. The number of unbranched alkanes of at least 4 members (excludes halogenated alkanes) is 1. The van der Waals surface area contributed by atoms with Gasteiger partial charge in [-0.25, -0.2) is 0 Å². The molecule has 0 fully saturated rings. The van der Waals surface area contributed by atoms with Crippen molar-refractivity contribution in [2.24, 2.45) is 4.99 Å². The minimum atomic E-state index is 0.799. The lowest BCUT2D eigenvalue weighted by molar-refractivity contribution is 0.309. The minimum Gasteiger partial charge on any atom is -0.494 e. The van der Waals surface area contributed by atoms with Crippen LogP contribution in [-0.4, -0.2) is 18.9 Å². The number of thiophene rings is 1. The highest BCUT2D eigenvalue weighted by Crippen LogP contribution is 2.24. The molecule has 0 unspecified atom stereocenters. The Morgan fingerprint density at radius 1 is 1.26 bits per heavy atom. The normalized spacial score (nSPS) is 13.9. The van der Waals surface area contributed by atoms with Crippen molar-refractivity contribution >= 4 is 23.1 Å². The molecule has 2 nitrogen and oxygen atoms in total. The van der Waals surface area contributed by atoms with Crippen molar-refractivity contribution in [2.75, 3.05) is 13.2 Å². The maximum atomic E-state index is 5.83. The van der Waals surface area contributed by atoms with Gasteiger partial charge in [0.2, 0.25) is 0 Å². The second kappa shape index (κ2) is 7.60. The van der Waals surface area contributed by atoms with Gasteiger partial charge in [0.05, 0.1) is 12.3 Å². The summed E-state index contributed by atoms with van der Waals surface area (Å²) in [7, 11) is 0. The maximum absolute atomic E-state index is 5.83. The number of allylic oxidation sites excluding steroid dienone is 1. The van der Waals surface area contributed by atoms with Gasteiger partial charge in [-0.3, -0.25) is 4.99 Å². The number of hydrogen-bond donors (Lipinski definition) is 0. The van der Waals surface area contributed by atoms with Gasteiger partial charge in [0.15, 0.2) is 0 Å². The van der Waals surface area contributed by atoms with Gasteiger partial charge >= 0.3 is 0 Å². The van der Waals surface area contributed by atoms with E-state index in [1.807, 2.05) is 0 Å². The number of aliphatic imine (C=N–C) groups is 1. The third-order valence-corrected chi connectivity index (χ3v) is 5.06. The van der Waals surface area contributed by atoms with Gasteiger partial charge < -0.3 is 4.74 Å². The molecule has 0 radical (unpaired) electrons. The fraction of sp³-hybridized carbons (Fsp3) is 0.350. The van der Waals surface area contributed by atoms with E-state index < -0.39 is 0 Å². The van der Waals surface area contributed by atoms with Crippen molar-refractivity contribution in [1.82, 2.24) is 0 Å². The highest BCUT2D eigenvalue weighted by molar-refractivity contribution is 7.11. The zero-order valence-corrected chi connectivity index (χ0v) is 14.7. The van der Waals surface area contributed by atoms with Crippen LogP contribution in [-0.2, 0) is 6.42 Å². The van der Waals surface area contributed by atoms with E-state index >= 15 is 0 Å². The summed E-state index contributed by atoms with van der Waals surface area (Å²) in [4.78, 5) is 6.00. The van der Waals surface area contributed by atoms with E-state index in [1.54, 1.807) is 11.3 Å². The van der Waals surface area contributed by atoms with E-state index in [1.165, 1.54) is 21.6 Å². The number of rotatable bonds is 6. The van der Waals surface area contributed by atoms with Crippen molar-refractivity contribution in [1.29, 1.82) is 0 Å². The van der Waals surface area contributed by atoms with Crippen LogP contribution in [0.15, 0.2) is 40.7 Å². The molecule has 0 saturated carbocycles. The Hall–Kier alpha value is -1.87. The number of aryl methyl sites for hydroxylation is 1. The topological polar surface area (TPSA) is 21.6 Å². The molecule has 0 spiro atoms. The van der Waals surface area contributed by atoms with Crippen molar-refractivity contribution in [3.8, 4) is 5.75 Å². The Labute approximate surface area is 142 Å². The van der Waals surface area contributed by atoms with Crippen molar-refractivity contribution in [3.05, 3.63) is 57.3 Å². The van der Waals surface area contributed by atoms with Crippen LogP contribution >= 0.6 is 11.3 Å². The second-order valence-corrected chi connectivity index (χ2v) is 6.79. The molecule has 0 aliphatic carbocycles.